The Kier molecular flexibility index (Phi) is 6.44. The number of para-hydroxylation sites is 1. The highest BCUT2D eigenvalue weighted by atomic mass is 79.9. The van der Waals surface area contributed by atoms with Crippen LogP contribution in [0.25, 0.3) is 16.6 Å². The standard InChI is InChI=1S/C21H21BrN4O/c1-15(17-7-2-4-9-19(17)22)23-12-6-11-21(27)26-25-14-16-13-24-20-10-5-3-8-18(16)20/h2-5,7-10,13-14,23-24H,1,6,11-12H2,(H,26,27)/b25-14-. The molecule has 0 radical (unpaired) electrons. The summed E-state index contributed by atoms with van der Waals surface area (Å²) in [4.78, 5) is 15.1. The molecule has 2 aromatic carbocycles. The topological polar surface area (TPSA) is 69.3 Å². The molecule has 1 heterocycles. The zero-order valence-corrected chi connectivity index (χ0v) is 16.4. The van der Waals surface area contributed by atoms with E-state index >= 15 is 0 Å². The zero-order chi connectivity index (χ0) is 19.1. The van der Waals surface area contributed by atoms with Gasteiger partial charge in [-0.05, 0) is 18.6 Å². The second-order valence-corrected chi connectivity index (χ2v) is 6.93. The number of fused-ring (bicyclic) bond motifs is 1. The lowest BCUT2D eigenvalue weighted by molar-refractivity contribution is -0.121. The number of nitrogens with zero attached hydrogens (tertiary/aromatic N) is 1. The fraction of sp³-hybridized carbons (Fsp3) is 0.143. The Bertz CT molecular complexity index is 977. The minimum atomic E-state index is -0.112. The summed E-state index contributed by atoms with van der Waals surface area (Å²) in [5.74, 6) is -0.112. The average molecular weight is 425 g/mol. The molecule has 0 spiro atoms. The van der Waals surface area contributed by atoms with Gasteiger partial charge in [0.15, 0.2) is 0 Å². The maximum Gasteiger partial charge on any atom is 0.240 e. The number of halogens is 1. The van der Waals surface area contributed by atoms with Crippen LogP contribution in [0, 0.1) is 0 Å². The predicted octanol–water partition coefficient (Wildman–Crippen LogP) is 4.42. The number of hydrogen-bond donors (Lipinski definition) is 3. The van der Waals surface area contributed by atoms with Gasteiger partial charge in [0.1, 0.15) is 0 Å². The monoisotopic (exact) mass is 424 g/mol. The van der Waals surface area contributed by atoms with Crippen LogP contribution in [0.2, 0.25) is 0 Å². The van der Waals surface area contributed by atoms with Gasteiger partial charge in [-0.3, -0.25) is 4.79 Å². The first kappa shape index (κ1) is 18.9. The van der Waals surface area contributed by atoms with Gasteiger partial charge in [-0.15, -0.1) is 0 Å². The molecule has 3 rings (SSSR count). The normalized spacial score (nSPS) is 11.0. The first-order valence-electron chi connectivity index (χ1n) is 8.71. The molecule has 0 aliphatic heterocycles. The second kappa shape index (κ2) is 9.19. The van der Waals surface area contributed by atoms with Crippen LogP contribution in [0.5, 0.6) is 0 Å². The number of hydrogen-bond acceptors (Lipinski definition) is 3. The van der Waals surface area contributed by atoms with Gasteiger partial charge in [0.05, 0.1) is 6.21 Å². The lowest BCUT2D eigenvalue weighted by Crippen LogP contribution is -2.20. The number of rotatable bonds is 8. The van der Waals surface area contributed by atoms with Crippen molar-refractivity contribution in [3.8, 4) is 0 Å². The molecule has 3 N–H and O–H groups in total. The van der Waals surface area contributed by atoms with E-state index < -0.39 is 0 Å². The largest absolute Gasteiger partial charge is 0.385 e. The summed E-state index contributed by atoms with van der Waals surface area (Å²) in [7, 11) is 0. The Hall–Kier alpha value is -2.86. The van der Waals surface area contributed by atoms with Gasteiger partial charge in [0, 0.05) is 51.4 Å². The first-order valence-corrected chi connectivity index (χ1v) is 9.50. The SMILES string of the molecule is C=C(NCCCC(=O)N/N=C\c1c[nH]c2ccccc12)c1ccccc1Br. The summed E-state index contributed by atoms with van der Waals surface area (Å²) in [5, 5.41) is 8.37. The number of carbonyl (C=O) groups excluding carboxylic acids is 1. The van der Waals surface area contributed by atoms with Gasteiger partial charge in [0.25, 0.3) is 0 Å². The fourth-order valence-corrected chi connectivity index (χ4v) is 3.24. The summed E-state index contributed by atoms with van der Waals surface area (Å²) >= 11 is 3.51. The number of H-pyrrole nitrogens is 1. The van der Waals surface area contributed by atoms with E-state index in [-0.39, 0.29) is 5.91 Å². The predicted molar refractivity (Wildman–Crippen MR) is 114 cm³/mol. The Labute approximate surface area is 166 Å². The first-order chi connectivity index (χ1) is 13.1. The smallest absolute Gasteiger partial charge is 0.240 e. The third-order valence-electron chi connectivity index (χ3n) is 4.13. The molecule has 6 heteroatoms. The molecule has 0 saturated carbocycles. The van der Waals surface area contributed by atoms with Gasteiger partial charge in [-0.2, -0.15) is 5.10 Å². The van der Waals surface area contributed by atoms with Crippen molar-refractivity contribution in [1.29, 1.82) is 0 Å². The van der Waals surface area contributed by atoms with Crippen LogP contribution in [-0.2, 0) is 4.79 Å². The third kappa shape index (κ3) is 5.08. The van der Waals surface area contributed by atoms with Crippen LogP contribution in [0.15, 0.2) is 70.9 Å². The third-order valence-corrected chi connectivity index (χ3v) is 4.82. The number of aromatic amines is 1. The Morgan fingerprint density at radius 2 is 1.96 bits per heavy atom. The van der Waals surface area contributed by atoms with E-state index in [0.29, 0.717) is 19.4 Å². The lowest BCUT2D eigenvalue weighted by atomic mass is 10.2. The summed E-state index contributed by atoms with van der Waals surface area (Å²) < 4.78 is 0.992. The zero-order valence-electron chi connectivity index (χ0n) is 14.8. The van der Waals surface area contributed by atoms with E-state index in [9.17, 15) is 4.79 Å². The van der Waals surface area contributed by atoms with Crippen LogP contribution in [-0.4, -0.2) is 23.7 Å². The number of carbonyl (C=O) groups is 1. The minimum absolute atomic E-state index is 0.112. The molecule has 1 amide bonds. The second-order valence-electron chi connectivity index (χ2n) is 6.07. The summed E-state index contributed by atoms with van der Waals surface area (Å²) in [6, 6.07) is 15.8. The van der Waals surface area contributed by atoms with Crippen molar-refractivity contribution in [2.75, 3.05) is 6.54 Å². The Balaban J connectivity index is 1.40. The van der Waals surface area contributed by atoms with Crippen LogP contribution in [0.1, 0.15) is 24.0 Å². The van der Waals surface area contributed by atoms with E-state index in [2.05, 4.69) is 43.3 Å². The Morgan fingerprint density at radius 1 is 1.19 bits per heavy atom. The van der Waals surface area contributed by atoms with Crippen LogP contribution < -0.4 is 10.7 Å². The van der Waals surface area contributed by atoms with Crippen molar-refractivity contribution >= 4 is 44.7 Å². The quantitative estimate of drug-likeness (QED) is 0.284. The molecule has 0 unspecified atom stereocenters. The summed E-state index contributed by atoms with van der Waals surface area (Å²) in [6.45, 7) is 4.70. The van der Waals surface area contributed by atoms with Crippen LogP contribution in [0.4, 0.5) is 0 Å². The lowest BCUT2D eigenvalue weighted by Gasteiger charge is -2.10. The fourth-order valence-electron chi connectivity index (χ4n) is 2.72. The maximum absolute atomic E-state index is 11.9. The molecule has 0 bridgehead atoms. The van der Waals surface area contributed by atoms with Gasteiger partial charge in [-0.1, -0.05) is 58.9 Å². The highest BCUT2D eigenvalue weighted by molar-refractivity contribution is 9.10. The van der Waals surface area contributed by atoms with E-state index in [1.807, 2.05) is 54.7 Å². The molecule has 0 aliphatic rings. The van der Waals surface area contributed by atoms with Gasteiger partial charge in [-0.25, -0.2) is 5.43 Å². The van der Waals surface area contributed by atoms with Gasteiger partial charge >= 0.3 is 0 Å². The molecule has 3 aromatic rings. The number of hydrazone groups is 1. The van der Waals surface area contributed by atoms with E-state index in [1.165, 1.54) is 0 Å². The highest BCUT2D eigenvalue weighted by Gasteiger charge is 2.04. The van der Waals surface area contributed by atoms with E-state index in [4.69, 9.17) is 0 Å². The molecule has 138 valence electrons. The minimum Gasteiger partial charge on any atom is -0.385 e. The van der Waals surface area contributed by atoms with Crippen molar-refractivity contribution < 1.29 is 4.79 Å². The van der Waals surface area contributed by atoms with Gasteiger partial charge < -0.3 is 10.3 Å². The number of amides is 1. The van der Waals surface area contributed by atoms with Gasteiger partial charge in [0.2, 0.25) is 5.91 Å². The molecular weight excluding hydrogens is 404 g/mol. The molecule has 0 fully saturated rings. The summed E-state index contributed by atoms with van der Waals surface area (Å²) in [5.41, 5.74) is 6.41. The summed E-state index contributed by atoms with van der Waals surface area (Å²) in [6.07, 6.45) is 4.61. The van der Waals surface area contributed by atoms with Crippen LogP contribution >= 0.6 is 15.9 Å². The van der Waals surface area contributed by atoms with Crippen molar-refractivity contribution in [2.45, 2.75) is 12.8 Å². The number of aromatic nitrogens is 1. The average Bonchev–Trinajstić information content (AvgIpc) is 3.09. The van der Waals surface area contributed by atoms with E-state index in [1.54, 1.807) is 6.21 Å². The van der Waals surface area contributed by atoms with Crippen molar-refractivity contribution in [3.63, 3.8) is 0 Å². The molecule has 0 saturated heterocycles. The molecule has 0 aliphatic carbocycles. The molecule has 0 atom stereocenters. The van der Waals surface area contributed by atoms with Crippen LogP contribution in [0.3, 0.4) is 0 Å². The maximum atomic E-state index is 11.9. The molecular formula is C21H21BrN4O. The Morgan fingerprint density at radius 3 is 2.81 bits per heavy atom. The van der Waals surface area contributed by atoms with E-state index in [0.717, 1.165) is 32.2 Å². The number of nitrogens with one attached hydrogen (secondary N) is 3. The van der Waals surface area contributed by atoms with Crippen molar-refractivity contribution in [3.05, 3.63) is 76.9 Å². The molecule has 27 heavy (non-hydrogen) atoms. The van der Waals surface area contributed by atoms with Crippen molar-refractivity contribution in [1.82, 2.24) is 15.7 Å². The highest BCUT2D eigenvalue weighted by Crippen LogP contribution is 2.21. The number of benzene rings is 2. The van der Waals surface area contributed by atoms with Crippen molar-refractivity contribution in [2.24, 2.45) is 5.10 Å². The molecule has 5 nitrogen and oxygen atoms in total. The molecule has 1 aromatic heterocycles.